The zero-order valence-corrected chi connectivity index (χ0v) is 23.9. The van der Waals surface area contributed by atoms with Gasteiger partial charge in [0, 0.05) is 22.4 Å². The summed E-state index contributed by atoms with van der Waals surface area (Å²) in [5.41, 5.74) is 11.3. The fourth-order valence-electron chi connectivity index (χ4n) is 6.99. The Morgan fingerprint density at radius 2 is 1.14 bits per heavy atom. The van der Waals surface area contributed by atoms with Crippen LogP contribution in [-0.2, 0) is 5.41 Å². The van der Waals surface area contributed by atoms with E-state index in [1.165, 1.54) is 60.6 Å². The van der Waals surface area contributed by atoms with Gasteiger partial charge in [0.1, 0.15) is 0 Å². The first-order chi connectivity index (χ1) is 20.6. The molecule has 0 radical (unpaired) electrons. The summed E-state index contributed by atoms with van der Waals surface area (Å²) in [7, 11) is 0. The van der Waals surface area contributed by atoms with Crippen molar-refractivity contribution in [3.63, 3.8) is 0 Å². The van der Waals surface area contributed by atoms with Crippen LogP contribution in [0.15, 0.2) is 152 Å². The Labute approximate surface area is 247 Å². The van der Waals surface area contributed by atoms with Gasteiger partial charge in [0.05, 0.1) is 5.69 Å². The number of rotatable bonds is 4. The minimum Gasteiger partial charge on any atom is -0.310 e. The SMILES string of the molecule is CC1(C)c2ccc(-c3ccccc3)cc2-c2c(N(c3ccccc3)c3ccc4ccccc4c3)cc3ccccc3c21. The van der Waals surface area contributed by atoms with Crippen molar-refractivity contribution in [2.45, 2.75) is 19.3 Å². The molecule has 0 amide bonds. The average Bonchev–Trinajstić information content (AvgIpc) is 3.28. The topological polar surface area (TPSA) is 3.24 Å². The van der Waals surface area contributed by atoms with Crippen molar-refractivity contribution in [1.29, 1.82) is 0 Å². The number of benzene rings is 7. The van der Waals surface area contributed by atoms with E-state index < -0.39 is 0 Å². The zero-order valence-electron chi connectivity index (χ0n) is 23.9. The monoisotopic (exact) mass is 537 g/mol. The highest BCUT2D eigenvalue weighted by Gasteiger charge is 2.40. The second-order valence-corrected chi connectivity index (χ2v) is 11.8. The minimum absolute atomic E-state index is 0.152. The number of anilines is 3. The van der Waals surface area contributed by atoms with Gasteiger partial charge in [0.25, 0.3) is 0 Å². The second-order valence-electron chi connectivity index (χ2n) is 11.8. The largest absolute Gasteiger partial charge is 0.310 e. The van der Waals surface area contributed by atoms with Crippen LogP contribution in [0.2, 0.25) is 0 Å². The highest BCUT2D eigenvalue weighted by Crippen LogP contribution is 2.57. The van der Waals surface area contributed by atoms with E-state index in [9.17, 15) is 0 Å². The van der Waals surface area contributed by atoms with Crippen LogP contribution in [0.1, 0.15) is 25.0 Å². The first kappa shape index (κ1) is 24.6. The molecule has 42 heavy (non-hydrogen) atoms. The Kier molecular flexibility index (Phi) is 5.55. The van der Waals surface area contributed by atoms with E-state index in [4.69, 9.17) is 0 Å². The van der Waals surface area contributed by atoms with Crippen LogP contribution in [-0.4, -0.2) is 0 Å². The van der Waals surface area contributed by atoms with Gasteiger partial charge in [-0.2, -0.15) is 0 Å². The first-order valence-electron chi connectivity index (χ1n) is 14.7. The molecule has 0 bridgehead atoms. The van der Waals surface area contributed by atoms with Crippen LogP contribution < -0.4 is 4.90 Å². The van der Waals surface area contributed by atoms with E-state index in [-0.39, 0.29) is 5.41 Å². The van der Waals surface area contributed by atoms with Crippen LogP contribution in [0.5, 0.6) is 0 Å². The van der Waals surface area contributed by atoms with E-state index in [0.29, 0.717) is 0 Å². The van der Waals surface area contributed by atoms with Gasteiger partial charge in [-0.15, -0.1) is 0 Å². The van der Waals surface area contributed by atoms with Crippen LogP contribution in [0.4, 0.5) is 17.1 Å². The molecular formula is C41H31N. The number of hydrogen-bond donors (Lipinski definition) is 0. The summed E-state index contributed by atoms with van der Waals surface area (Å²) in [5.74, 6) is 0. The highest BCUT2D eigenvalue weighted by molar-refractivity contribution is 6.06. The Morgan fingerprint density at radius 1 is 0.476 bits per heavy atom. The highest BCUT2D eigenvalue weighted by atomic mass is 15.1. The molecule has 0 saturated heterocycles. The fraction of sp³-hybridized carbons (Fsp3) is 0.0732. The molecule has 0 heterocycles. The lowest BCUT2D eigenvalue weighted by molar-refractivity contribution is 0.666. The van der Waals surface area contributed by atoms with Crippen molar-refractivity contribution in [2.75, 3.05) is 4.90 Å². The maximum Gasteiger partial charge on any atom is 0.0549 e. The van der Waals surface area contributed by atoms with Crippen molar-refractivity contribution < 1.29 is 0 Å². The summed E-state index contributed by atoms with van der Waals surface area (Å²) in [6.07, 6.45) is 0. The molecule has 0 saturated carbocycles. The van der Waals surface area contributed by atoms with Crippen molar-refractivity contribution in [3.8, 4) is 22.3 Å². The third kappa shape index (κ3) is 3.78. The smallest absolute Gasteiger partial charge is 0.0549 e. The lowest BCUT2D eigenvalue weighted by atomic mass is 9.80. The van der Waals surface area contributed by atoms with Crippen LogP contribution >= 0.6 is 0 Å². The van der Waals surface area contributed by atoms with E-state index in [1.807, 2.05) is 0 Å². The Hall–Kier alpha value is -5.14. The lowest BCUT2D eigenvalue weighted by Crippen LogP contribution is -2.16. The third-order valence-corrected chi connectivity index (χ3v) is 8.97. The number of fused-ring (bicyclic) bond motifs is 6. The molecule has 0 atom stereocenters. The Morgan fingerprint density at radius 3 is 1.93 bits per heavy atom. The molecule has 0 fully saturated rings. The number of nitrogens with zero attached hydrogens (tertiary/aromatic N) is 1. The minimum atomic E-state index is -0.152. The van der Waals surface area contributed by atoms with Gasteiger partial charge in [-0.3, -0.25) is 0 Å². The summed E-state index contributed by atoms with van der Waals surface area (Å²) in [6.45, 7) is 4.78. The second kappa shape index (κ2) is 9.46. The fourth-order valence-corrected chi connectivity index (χ4v) is 6.99. The molecule has 7 aromatic rings. The van der Waals surface area contributed by atoms with Crippen LogP contribution in [0.25, 0.3) is 43.8 Å². The van der Waals surface area contributed by atoms with E-state index in [1.54, 1.807) is 0 Å². The van der Waals surface area contributed by atoms with Gasteiger partial charge < -0.3 is 4.90 Å². The van der Waals surface area contributed by atoms with Crippen molar-refractivity contribution in [2.24, 2.45) is 0 Å². The predicted octanol–water partition coefficient (Wildman–Crippen LogP) is 11.4. The standard InChI is InChI=1S/C41H31N/c1-41(2)37-24-22-31(28-13-5-3-6-14-28)26-36(37)39-38(27-32-17-11-12-20-35(32)40(39)41)42(33-18-7-4-8-19-33)34-23-21-29-15-9-10-16-30(29)25-34/h3-27H,1-2H3. The third-order valence-electron chi connectivity index (χ3n) is 8.97. The molecule has 1 heteroatoms. The van der Waals surface area contributed by atoms with Gasteiger partial charge in [0.15, 0.2) is 0 Å². The summed E-state index contributed by atoms with van der Waals surface area (Å²) in [5, 5.41) is 5.07. The predicted molar refractivity (Wildman–Crippen MR) is 179 cm³/mol. The van der Waals surface area contributed by atoms with Gasteiger partial charge in [-0.05, 0) is 85.8 Å². The van der Waals surface area contributed by atoms with Crippen molar-refractivity contribution in [3.05, 3.63) is 163 Å². The summed E-state index contributed by atoms with van der Waals surface area (Å²) in [6, 6.07) is 55.4. The van der Waals surface area contributed by atoms with Crippen LogP contribution in [0.3, 0.4) is 0 Å². The van der Waals surface area contributed by atoms with Crippen molar-refractivity contribution >= 4 is 38.6 Å². The van der Waals surface area contributed by atoms with Gasteiger partial charge in [0.2, 0.25) is 0 Å². The van der Waals surface area contributed by atoms with Gasteiger partial charge >= 0.3 is 0 Å². The molecule has 0 N–H and O–H groups in total. The molecule has 200 valence electrons. The van der Waals surface area contributed by atoms with E-state index >= 15 is 0 Å². The average molecular weight is 538 g/mol. The molecule has 1 aliphatic carbocycles. The molecule has 8 rings (SSSR count). The lowest BCUT2D eigenvalue weighted by Gasteiger charge is -2.30. The number of para-hydroxylation sites is 1. The quantitative estimate of drug-likeness (QED) is 0.216. The van der Waals surface area contributed by atoms with Gasteiger partial charge in [-0.1, -0.05) is 129 Å². The number of hydrogen-bond acceptors (Lipinski definition) is 1. The summed E-state index contributed by atoms with van der Waals surface area (Å²) >= 11 is 0. The Bertz CT molecular complexity index is 2110. The molecule has 0 unspecified atom stereocenters. The molecule has 7 aromatic carbocycles. The molecule has 1 nitrogen and oxygen atoms in total. The molecule has 0 aromatic heterocycles. The summed E-state index contributed by atoms with van der Waals surface area (Å²) < 4.78 is 0. The zero-order chi connectivity index (χ0) is 28.3. The summed E-state index contributed by atoms with van der Waals surface area (Å²) in [4.78, 5) is 2.46. The molecule has 0 aliphatic heterocycles. The molecule has 1 aliphatic rings. The van der Waals surface area contributed by atoms with E-state index in [0.717, 1.165) is 11.4 Å². The van der Waals surface area contributed by atoms with E-state index in [2.05, 4.69) is 170 Å². The normalized spacial score (nSPS) is 13.2. The molecular weight excluding hydrogens is 506 g/mol. The van der Waals surface area contributed by atoms with Crippen LogP contribution in [0, 0.1) is 0 Å². The van der Waals surface area contributed by atoms with Crippen molar-refractivity contribution in [1.82, 2.24) is 0 Å². The molecule has 0 spiro atoms. The first-order valence-corrected chi connectivity index (χ1v) is 14.7. The van der Waals surface area contributed by atoms with Gasteiger partial charge in [-0.25, -0.2) is 0 Å². The maximum atomic E-state index is 2.46. The maximum absolute atomic E-state index is 2.46. The Balaban J connectivity index is 1.48.